The van der Waals surface area contributed by atoms with Gasteiger partial charge >= 0.3 is 0 Å². The van der Waals surface area contributed by atoms with E-state index in [-0.39, 0.29) is 41.3 Å². The first-order chi connectivity index (χ1) is 14.3. The van der Waals surface area contributed by atoms with Crippen molar-refractivity contribution >= 4 is 27.5 Å². The van der Waals surface area contributed by atoms with Crippen LogP contribution in [0.25, 0.3) is 0 Å². The Labute approximate surface area is 176 Å². The molecule has 0 spiro atoms. The van der Waals surface area contributed by atoms with E-state index in [1.165, 1.54) is 16.4 Å². The van der Waals surface area contributed by atoms with Gasteiger partial charge in [0.2, 0.25) is 15.9 Å². The van der Waals surface area contributed by atoms with Crippen LogP contribution in [0.2, 0.25) is 0 Å². The van der Waals surface area contributed by atoms with E-state index in [0.717, 1.165) is 18.4 Å². The molecule has 30 heavy (non-hydrogen) atoms. The average molecular weight is 428 g/mol. The van der Waals surface area contributed by atoms with Gasteiger partial charge in [-0.3, -0.25) is 9.59 Å². The minimum Gasteiger partial charge on any atom is -0.340 e. The van der Waals surface area contributed by atoms with E-state index in [9.17, 15) is 18.0 Å². The van der Waals surface area contributed by atoms with Gasteiger partial charge in [0, 0.05) is 43.3 Å². The molecule has 1 aliphatic heterocycles. The summed E-state index contributed by atoms with van der Waals surface area (Å²) in [5, 5.41) is 2.80. The molecule has 0 unspecified atom stereocenters. The second-order valence-electron chi connectivity index (χ2n) is 7.86. The van der Waals surface area contributed by atoms with E-state index in [2.05, 4.69) is 5.32 Å². The number of nitrogens with one attached hydrogen (secondary N) is 1. The number of aryl methyl sites for hydroxylation is 1. The molecule has 158 valence electrons. The number of nitrogens with zero attached hydrogens (tertiary/aromatic N) is 2. The third kappa shape index (κ3) is 4.39. The van der Waals surface area contributed by atoms with E-state index in [1.807, 2.05) is 25.1 Å². The molecule has 2 aliphatic rings. The number of anilines is 1. The van der Waals surface area contributed by atoms with Crippen LogP contribution in [0.1, 0.15) is 28.8 Å². The number of hydrogen-bond acceptors (Lipinski definition) is 4. The largest absolute Gasteiger partial charge is 0.340 e. The highest BCUT2D eigenvalue weighted by Crippen LogP contribution is 2.31. The Morgan fingerprint density at radius 3 is 2.33 bits per heavy atom. The van der Waals surface area contributed by atoms with Gasteiger partial charge in [0.25, 0.3) is 5.91 Å². The van der Waals surface area contributed by atoms with Gasteiger partial charge in [-0.25, -0.2) is 8.42 Å². The van der Waals surface area contributed by atoms with Crippen LogP contribution >= 0.6 is 0 Å². The Hall–Kier alpha value is -2.71. The quantitative estimate of drug-likeness (QED) is 0.794. The lowest BCUT2D eigenvalue weighted by molar-refractivity contribution is -0.133. The summed E-state index contributed by atoms with van der Waals surface area (Å²) in [6.07, 6.45) is 1.88. The molecule has 4 rings (SSSR count). The molecule has 8 heteroatoms. The Morgan fingerprint density at radius 2 is 1.67 bits per heavy atom. The first kappa shape index (κ1) is 20.6. The number of amides is 2. The van der Waals surface area contributed by atoms with Crippen molar-refractivity contribution in [3.63, 3.8) is 0 Å². The van der Waals surface area contributed by atoms with E-state index in [1.54, 1.807) is 23.1 Å². The van der Waals surface area contributed by atoms with Crippen molar-refractivity contribution in [1.29, 1.82) is 0 Å². The summed E-state index contributed by atoms with van der Waals surface area (Å²) in [5.41, 5.74) is 1.95. The number of carbonyl (C=O) groups is 2. The van der Waals surface area contributed by atoms with Gasteiger partial charge < -0.3 is 10.2 Å². The fourth-order valence-corrected chi connectivity index (χ4v) is 5.08. The zero-order valence-corrected chi connectivity index (χ0v) is 17.7. The van der Waals surface area contributed by atoms with Crippen LogP contribution in [0, 0.1) is 12.8 Å². The molecule has 1 saturated carbocycles. The minimum atomic E-state index is -3.74. The Balaban J connectivity index is 1.45. The molecule has 0 bridgehead atoms. The van der Waals surface area contributed by atoms with E-state index in [0.29, 0.717) is 18.8 Å². The number of benzene rings is 2. The van der Waals surface area contributed by atoms with Crippen molar-refractivity contribution in [1.82, 2.24) is 9.21 Å². The van der Waals surface area contributed by atoms with Gasteiger partial charge in [-0.2, -0.15) is 4.31 Å². The van der Waals surface area contributed by atoms with Crippen molar-refractivity contribution in [2.75, 3.05) is 31.5 Å². The standard InChI is InChI=1S/C22H25N3O4S/c1-16-4-2-6-19(14-16)23-21(26)18-5-3-7-20(15-18)30(28,29)25-12-10-24(11-13-25)22(27)17-8-9-17/h2-7,14-15,17H,8-13H2,1H3,(H,23,26). The molecule has 2 aromatic rings. The molecule has 1 heterocycles. The second kappa shape index (κ2) is 8.20. The summed E-state index contributed by atoms with van der Waals surface area (Å²) in [6, 6.07) is 13.5. The molecule has 1 saturated heterocycles. The van der Waals surface area contributed by atoms with Gasteiger partial charge in [0.05, 0.1) is 4.90 Å². The molecular formula is C22H25N3O4S. The summed E-state index contributed by atoms with van der Waals surface area (Å²) >= 11 is 0. The topological polar surface area (TPSA) is 86.8 Å². The molecule has 0 radical (unpaired) electrons. The first-order valence-electron chi connectivity index (χ1n) is 10.1. The fraction of sp³-hybridized carbons (Fsp3) is 0.364. The smallest absolute Gasteiger partial charge is 0.255 e. The SMILES string of the molecule is Cc1cccc(NC(=O)c2cccc(S(=O)(=O)N3CCN(C(=O)C4CC4)CC3)c2)c1. The molecule has 0 aromatic heterocycles. The average Bonchev–Trinajstić information content (AvgIpc) is 3.59. The highest BCUT2D eigenvalue weighted by molar-refractivity contribution is 7.89. The van der Waals surface area contributed by atoms with E-state index < -0.39 is 10.0 Å². The fourth-order valence-electron chi connectivity index (χ4n) is 3.61. The van der Waals surface area contributed by atoms with Crippen molar-refractivity contribution in [2.45, 2.75) is 24.7 Å². The van der Waals surface area contributed by atoms with Crippen LogP contribution < -0.4 is 5.32 Å². The summed E-state index contributed by atoms with van der Waals surface area (Å²) in [4.78, 5) is 26.6. The normalized spacial score (nSPS) is 17.6. The summed E-state index contributed by atoms with van der Waals surface area (Å²) in [6.45, 7) is 3.27. The van der Waals surface area contributed by atoms with E-state index in [4.69, 9.17) is 0 Å². The third-order valence-electron chi connectivity index (χ3n) is 5.49. The lowest BCUT2D eigenvalue weighted by Crippen LogP contribution is -2.50. The summed E-state index contributed by atoms with van der Waals surface area (Å²) in [7, 11) is -3.74. The Bertz CT molecular complexity index is 1070. The van der Waals surface area contributed by atoms with Crippen LogP contribution in [0.15, 0.2) is 53.4 Å². The van der Waals surface area contributed by atoms with Crippen molar-refractivity contribution in [3.8, 4) is 0 Å². The highest BCUT2D eigenvalue weighted by atomic mass is 32.2. The van der Waals surface area contributed by atoms with Crippen LogP contribution in [-0.4, -0.2) is 55.6 Å². The Kier molecular flexibility index (Phi) is 5.62. The van der Waals surface area contributed by atoms with Crippen LogP contribution in [0.3, 0.4) is 0 Å². The monoisotopic (exact) mass is 427 g/mol. The molecule has 2 aromatic carbocycles. The van der Waals surface area contributed by atoms with Crippen LogP contribution in [0.5, 0.6) is 0 Å². The molecule has 2 amide bonds. The van der Waals surface area contributed by atoms with Crippen molar-refractivity contribution in [2.24, 2.45) is 5.92 Å². The van der Waals surface area contributed by atoms with Crippen molar-refractivity contribution in [3.05, 3.63) is 59.7 Å². The van der Waals surface area contributed by atoms with Crippen LogP contribution in [-0.2, 0) is 14.8 Å². The maximum Gasteiger partial charge on any atom is 0.255 e. The summed E-state index contributed by atoms with van der Waals surface area (Å²) in [5.74, 6) is -0.0869. The number of carbonyl (C=O) groups excluding carboxylic acids is 2. The predicted molar refractivity (Wildman–Crippen MR) is 114 cm³/mol. The number of rotatable bonds is 5. The van der Waals surface area contributed by atoms with Crippen LogP contribution in [0.4, 0.5) is 5.69 Å². The minimum absolute atomic E-state index is 0.0846. The molecule has 0 atom stereocenters. The predicted octanol–water partition coefficient (Wildman–Crippen LogP) is 2.49. The number of sulfonamides is 1. The zero-order chi connectivity index (χ0) is 21.3. The van der Waals surface area contributed by atoms with Crippen molar-refractivity contribution < 1.29 is 18.0 Å². The number of piperazine rings is 1. The summed E-state index contributed by atoms with van der Waals surface area (Å²) < 4.78 is 27.5. The molecule has 1 aliphatic carbocycles. The van der Waals surface area contributed by atoms with Gasteiger partial charge in [-0.1, -0.05) is 18.2 Å². The molecule has 7 nitrogen and oxygen atoms in total. The Morgan fingerprint density at radius 1 is 0.967 bits per heavy atom. The van der Waals surface area contributed by atoms with Gasteiger partial charge in [-0.05, 0) is 55.7 Å². The lowest BCUT2D eigenvalue weighted by Gasteiger charge is -2.34. The third-order valence-corrected chi connectivity index (χ3v) is 7.38. The zero-order valence-electron chi connectivity index (χ0n) is 16.9. The molecule has 2 fully saturated rings. The highest BCUT2D eigenvalue weighted by Gasteiger charge is 2.36. The maximum absolute atomic E-state index is 13.1. The number of hydrogen-bond donors (Lipinski definition) is 1. The second-order valence-corrected chi connectivity index (χ2v) is 9.79. The van der Waals surface area contributed by atoms with Gasteiger partial charge in [0.1, 0.15) is 0 Å². The van der Waals surface area contributed by atoms with Gasteiger partial charge in [0.15, 0.2) is 0 Å². The first-order valence-corrected chi connectivity index (χ1v) is 11.6. The maximum atomic E-state index is 13.1. The lowest BCUT2D eigenvalue weighted by atomic mass is 10.2. The molecule has 1 N–H and O–H groups in total. The van der Waals surface area contributed by atoms with E-state index >= 15 is 0 Å². The van der Waals surface area contributed by atoms with Gasteiger partial charge in [-0.15, -0.1) is 0 Å². The molecular weight excluding hydrogens is 402 g/mol.